The maximum Gasteiger partial charge on any atom is 0.212 e. The number of benzene rings is 1. The molecule has 0 saturated heterocycles. The van der Waals surface area contributed by atoms with Gasteiger partial charge in [0.25, 0.3) is 0 Å². The minimum atomic E-state index is 0.536. The van der Waals surface area contributed by atoms with Crippen LogP contribution in [0.2, 0.25) is 5.02 Å². The zero-order chi connectivity index (χ0) is 12.3. The van der Waals surface area contributed by atoms with E-state index in [-0.39, 0.29) is 0 Å². The number of hydrogen-bond acceptors (Lipinski definition) is 3. The summed E-state index contributed by atoms with van der Waals surface area (Å²) in [5.74, 6) is 0.536. The lowest BCUT2D eigenvalue weighted by Gasteiger charge is -2.05. The van der Waals surface area contributed by atoms with Crippen LogP contribution in [0, 0.1) is 11.3 Å². The lowest BCUT2D eigenvalue weighted by atomic mass is 10.0. The van der Waals surface area contributed by atoms with Gasteiger partial charge in [0.05, 0.1) is 18.7 Å². The zero-order valence-corrected chi connectivity index (χ0v) is 9.90. The van der Waals surface area contributed by atoms with Gasteiger partial charge in [-0.2, -0.15) is 5.26 Å². The van der Waals surface area contributed by atoms with Gasteiger partial charge in [0.15, 0.2) is 0 Å². The number of aromatic nitrogens is 1. The molecule has 84 valence electrons. The van der Waals surface area contributed by atoms with Gasteiger partial charge in [-0.05, 0) is 24.3 Å². The summed E-state index contributed by atoms with van der Waals surface area (Å²) >= 11 is 5.93. The Morgan fingerprint density at radius 2 is 2.12 bits per heavy atom. The molecule has 0 saturated carbocycles. The molecule has 0 fully saturated rings. The molecule has 0 radical (unpaired) electrons. The minimum absolute atomic E-state index is 0.536. The van der Waals surface area contributed by atoms with E-state index in [0.29, 0.717) is 16.5 Å². The van der Waals surface area contributed by atoms with Gasteiger partial charge < -0.3 is 4.74 Å². The summed E-state index contributed by atoms with van der Waals surface area (Å²) in [5, 5.41) is 9.63. The first-order valence-electron chi connectivity index (χ1n) is 4.94. The minimum Gasteiger partial charge on any atom is -0.481 e. The molecule has 1 heterocycles. The molecule has 0 spiro atoms. The molecule has 1 aromatic carbocycles. The number of pyridine rings is 1. The third-order valence-corrected chi connectivity index (χ3v) is 2.59. The van der Waals surface area contributed by atoms with Crippen LogP contribution in [-0.2, 0) is 0 Å². The fraction of sp³-hybridized carbons (Fsp3) is 0.0769. The molecule has 0 N–H and O–H groups in total. The molecule has 0 aliphatic carbocycles. The molecule has 0 bridgehead atoms. The first-order valence-corrected chi connectivity index (χ1v) is 5.32. The van der Waals surface area contributed by atoms with Crippen molar-refractivity contribution in [3.63, 3.8) is 0 Å². The molecular weight excluding hydrogens is 236 g/mol. The second-order valence-corrected chi connectivity index (χ2v) is 3.83. The number of hydrogen-bond donors (Lipinski definition) is 0. The number of ether oxygens (including phenoxy) is 1. The summed E-state index contributed by atoms with van der Waals surface area (Å²) in [4.78, 5) is 4.10. The third-order valence-electron chi connectivity index (χ3n) is 2.36. The SMILES string of the molecule is COc1ccc(-c2cc(Cl)ccc2C#N)cn1. The van der Waals surface area contributed by atoms with Gasteiger partial charge in [0.1, 0.15) is 0 Å². The molecule has 3 nitrogen and oxygen atoms in total. The predicted molar refractivity (Wildman–Crippen MR) is 66.0 cm³/mol. The van der Waals surface area contributed by atoms with Crippen LogP contribution < -0.4 is 4.74 Å². The van der Waals surface area contributed by atoms with Crippen LogP contribution in [0.25, 0.3) is 11.1 Å². The number of nitrogens with zero attached hydrogens (tertiary/aromatic N) is 2. The second kappa shape index (κ2) is 4.86. The topological polar surface area (TPSA) is 45.9 Å². The van der Waals surface area contributed by atoms with E-state index >= 15 is 0 Å². The summed E-state index contributed by atoms with van der Waals surface area (Å²) in [6.07, 6.45) is 1.66. The van der Waals surface area contributed by atoms with Gasteiger partial charge in [-0.25, -0.2) is 4.98 Å². The van der Waals surface area contributed by atoms with Crippen LogP contribution in [-0.4, -0.2) is 12.1 Å². The maximum atomic E-state index is 9.03. The molecule has 0 atom stereocenters. The van der Waals surface area contributed by atoms with Crippen molar-refractivity contribution >= 4 is 11.6 Å². The summed E-state index contributed by atoms with van der Waals surface area (Å²) in [6, 6.07) is 10.9. The highest BCUT2D eigenvalue weighted by Gasteiger charge is 2.06. The van der Waals surface area contributed by atoms with Gasteiger partial charge in [-0.15, -0.1) is 0 Å². The van der Waals surface area contributed by atoms with E-state index in [1.807, 2.05) is 6.07 Å². The van der Waals surface area contributed by atoms with Gasteiger partial charge in [0, 0.05) is 28.4 Å². The van der Waals surface area contributed by atoms with Crippen molar-refractivity contribution in [1.82, 2.24) is 4.98 Å². The highest BCUT2D eigenvalue weighted by atomic mass is 35.5. The molecule has 4 heteroatoms. The average Bonchev–Trinajstić information content (AvgIpc) is 2.39. The highest BCUT2D eigenvalue weighted by Crippen LogP contribution is 2.26. The maximum absolute atomic E-state index is 9.03. The number of methoxy groups -OCH3 is 1. The largest absolute Gasteiger partial charge is 0.481 e. The fourth-order valence-electron chi connectivity index (χ4n) is 1.51. The molecule has 0 amide bonds. The van der Waals surface area contributed by atoms with Crippen molar-refractivity contribution < 1.29 is 4.74 Å². The van der Waals surface area contributed by atoms with Crippen molar-refractivity contribution in [1.29, 1.82) is 5.26 Å². The number of halogens is 1. The molecule has 0 aliphatic heterocycles. The van der Waals surface area contributed by atoms with Crippen molar-refractivity contribution in [2.24, 2.45) is 0 Å². The van der Waals surface area contributed by atoms with Crippen molar-refractivity contribution in [2.45, 2.75) is 0 Å². The van der Waals surface area contributed by atoms with Crippen molar-refractivity contribution in [2.75, 3.05) is 7.11 Å². The molecule has 2 aromatic rings. The van der Waals surface area contributed by atoms with Crippen LogP contribution in [0.15, 0.2) is 36.5 Å². The van der Waals surface area contributed by atoms with Gasteiger partial charge in [-0.1, -0.05) is 11.6 Å². The van der Waals surface area contributed by atoms with Crippen molar-refractivity contribution in [3.05, 3.63) is 47.1 Å². The normalized spacial score (nSPS) is 9.71. The van der Waals surface area contributed by atoms with Gasteiger partial charge in [0.2, 0.25) is 5.88 Å². The summed E-state index contributed by atoms with van der Waals surface area (Å²) < 4.78 is 4.98. The standard InChI is InChI=1S/C13H9ClN2O/c1-17-13-5-3-10(8-16-13)12-6-11(14)4-2-9(12)7-15/h2-6,8H,1H3. The first kappa shape index (κ1) is 11.4. The summed E-state index contributed by atoms with van der Waals surface area (Å²) in [7, 11) is 1.56. The smallest absolute Gasteiger partial charge is 0.212 e. The van der Waals surface area contributed by atoms with Gasteiger partial charge in [-0.3, -0.25) is 0 Å². The Kier molecular flexibility index (Phi) is 3.27. The monoisotopic (exact) mass is 244 g/mol. The number of nitriles is 1. The van der Waals surface area contributed by atoms with Crippen molar-refractivity contribution in [3.8, 4) is 23.1 Å². The van der Waals surface area contributed by atoms with E-state index < -0.39 is 0 Å². The Balaban J connectivity index is 2.52. The molecule has 0 unspecified atom stereocenters. The fourth-order valence-corrected chi connectivity index (χ4v) is 1.69. The molecule has 1 aromatic heterocycles. The van der Waals surface area contributed by atoms with Crippen LogP contribution >= 0.6 is 11.6 Å². The Morgan fingerprint density at radius 3 is 2.71 bits per heavy atom. The lowest BCUT2D eigenvalue weighted by Crippen LogP contribution is -1.89. The van der Waals surface area contributed by atoms with Crippen LogP contribution in [0.1, 0.15) is 5.56 Å². The van der Waals surface area contributed by atoms with E-state index in [9.17, 15) is 0 Å². The Hall–Kier alpha value is -2.05. The highest BCUT2D eigenvalue weighted by molar-refractivity contribution is 6.30. The molecule has 17 heavy (non-hydrogen) atoms. The summed E-state index contributed by atoms with van der Waals surface area (Å²) in [6.45, 7) is 0. The molecule has 2 rings (SSSR count). The van der Waals surface area contributed by atoms with E-state index in [1.165, 1.54) is 0 Å². The summed E-state index contributed by atoms with van der Waals surface area (Å²) in [5.41, 5.74) is 2.18. The lowest BCUT2D eigenvalue weighted by molar-refractivity contribution is 0.398. The van der Waals surface area contributed by atoms with Crippen LogP contribution in [0.4, 0.5) is 0 Å². The molecular formula is C13H9ClN2O. The Labute approximate surface area is 104 Å². The molecule has 0 aliphatic rings. The Bertz CT molecular complexity index is 573. The van der Waals surface area contributed by atoms with Crippen LogP contribution in [0.5, 0.6) is 5.88 Å². The quantitative estimate of drug-likeness (QED) is 0.814. The average molecular weight is 245 g/mol. The van der Waals surface area contributed by atoms with Gasteiger partial charge >= 0.3 is 0 Å². The third kappa shape index (κ3) is 2.38. The zero-order valence-electron chi connectivity index (χ0n) is 9.14. The Morgan fingerprint density at radius 1 is 1.29 bits per heavy atom. The second-order valence-electron chi connectivity index (χ2n) is 3.39. The predicted octanol–water partition coefficient (Wildman–Crippen LogP) is 3.28. The van der Waals surface area contributed by atoms with E-state index in [4.69, 9.17) is 21.6 Å². The van der Waals surface area contributed by atoms with E-state index in [1.54, 1.807) is 37.6 Å². The van der Waals surface area contributed by atoms with E-state index in [0.717, 1.165) is 11.1 Å². The number of rotatable bonds is 2. The van der Waals surface area contributed by atoms with E-state index in [2.05, 4.69) is 11.1 Å². The van der Waals surface area contributed by atoms with Crippen LogP contribution in [0.3, 0.4) is 0 Å². The first-order chi connectivity index (χ1) is 8.24.